The number of amides is 2. The first-order valence-corrected chi connectivity index (χ1v) is 8.74. The molecule has 1 heterocycles. The van der Waals surface area contributed by atoms with Crippen LogP contribution in [0.3, 0.4) is 0 Å². The average Bonchev–Trinajstić information content (AvgIpc) is 3.18. The third-order valence-electron chi connectivity index (χ3n) is 3.98. The second-order valence-electron chi connectivity index (χ2n) is 6.26. The molecule has 156 valence electrons. The normalized spacial score (nSPS) is 11.2. The zero-order valence-corrected chi connectivity index (χ0v) is 15.7. The monoisotopic (exact) mass is 418 g/mol. The number of benzene rings is 2. The minimum Gasteiger partial charge on any atom is -0.451 e. The van der Waals surface area contributed by atoms with Crippen molar-refractivity contribution in [2.45, 2.75) is 6.18 Å². The molecule has 1 aromatic heterocycles. The zero-order chi connectivity index (χ0) is 21.7. The van der Waals surface area contributed by atoms with Crippen LogP contribution in [0.25, 0.3) is 11.3 Å². The van der Waals surface area contributed by atoms with Crippen LogP contribution < -0.4 is 10.6 Å². The van der Waals surface area contributed by atoms with Gasteiger partial charge in [-0.05, 0) is 42.5 Å². The van der Waals surface area contributed by atoms with E-state index in [1.54, 1.807) is 24.3 Å². The molecule has 3 aromatic rings. The summed E-state index contributed by atoms with van der Waals surface area (Å²) in [4.78, 5) is 24.0. The van der Waals surface area contributed by atoms with Crippen molar-refractivity contribution in [3.8, 4) is 11.3 Å². The van der Waals surface area contributed by atoms with E-state index in [-0.39, 0.29) is 29.6 Å². The summed E-state index contributed by atoms with van der Waals surface area (Å²) >= 11 is 0. The molecule has 0 aliphatic rings. The van der Waals surface area contributed by atoms with E-state index in [4.69, 9.17) is 9.15 Å². The van der Waals surface area contributed by atoms with Crippen LogP contribution in [0.2, 0.25) is 0 Å². The van der Waals surface area contributed by atoms with Crippen LogP contribution in [0, 0.1) is 0 Å². The van der Waals surface area contributed by atoms with Crippen molar-refractivity contribution in [2.24, 2.45) is 0 Å². The van der Waals surface area contributed by atoms with Gasteiger partial charge in [0, 0.05) is 24.0 Å². The van der Waals surface area contributed by atoms with Crippen molar-refractivity contribution in [3.05, 3.63) is 72.0 Å². The van der Waals surface area contributed by atoms with Gasteiger partial charge in [0.15, 0.2) is 5.76 Å². The summed E-state index contributed by atoms with van der Waals surface area (Å²) in [6.07, 6.45) is -4.48. The lowest BCUT2D eigenvalue weighted by molar-refractivity contribution is -0.137. The maximum Gasteiger partial charge on any atom is 0.416 e. The number of hydrogen-bond donors (Lipinski definition) is 2. The van der Waals surface area contributed by atoms with Gasteiger partial charge in [-0.2, -0.15) is 13.2 Å². The lowest BCUT2D eigenvalue weighted by Crippen LogP contribution is -2.17. The highest BCUT2D eigenvalue weighted by atomic mass is 19.4. The molecule has 2 N–H and O–H groups in total. The highest BCUT2D eigenvalue weighted by Gasteiger charge is 2.30. The summed E-state index contributed by atoms with van der Waals surface area (Å²) in [7, 11) is 1.40. The Morgan fingerprint density at radius 2 is 1.67 bits per heavy atom. The van der Waals surface area contributed by atoms with E-state index < -0.39 is 17.6 Å². The lowest BCUT2D eigenvalue weighted by Gasteiger charge is -2.08. The SMILES string of the molecule is COCC(=O)Nc1cccc(NC(=O)c2ccc(-c3cccc(C(F)(F)F)c3)o2)c1. The minimum absolute atomic E-state index is 0.0729. The van der Waals surface area contributed by atoms with Gasteiger partial charge in [0.1, 0.15) is 12.4 Å². The van der Waals surface area contributed by atoms with Gasteiger partial charge in [-0.3, -0.25) is 9.59 Å². The largest absolute Gasteiger partial charge is 0.451 e. The van der Waals surface area contributed by atoms with E-state index in [0.717, 1.165) is 12.1 Å². The maximum atomic E-state index is 12.9. The Hall–Kier alpha value is -3.59. The van der Waals surface area contributed by atoms with Crippen LogP contribution in [0.4, 0.5) is 24.5 Å². The fraction of sp³-hybridized carbons (Fsp3) is 0.143. The zero-order valence-electron chi connectivity index (χ0n) is 15.7. The van der Waals surface area contributed by atoms with Gasteiger partial charge >= 0.3 is 6.18 Å². The fourth-order valence-corrected chi connectivity index (χ4v) is 2.66. The first-order valence-electron chi connectivity index (χ1n) is 8.74. The standard InChI is InChI=1S/C21H17F3N2O4/c1-29-12-19(27)25-15-6-3-7-16(11-15)26-20(28)18-9-8-17(30-18)13-4-2-5-14(10-13)21(22,23)24/h2-11H,12H2,1H3,(H,25,27)(H,26,28). The van der Waals surface area contributed by atoms with Gasteiger partial charge in [-0.15, -0.1) is 0 Å². The Kier molecular flexibility index (Phi) is 6.22. The van der Waals surface area contributed by atoms with E-state index in [1.165, 1.54) is 31.4 Å². The van der Waals surface area contributed by atoms with Crippen LogP contribution in [0.1, 0.15) is 16.1 Å². The molecular formula is C21H17F3N2O4. The van der Waals surface area contributed by atoms with Gasteiger partial charge < -0.3 is 19.8 Å². The Labute approximate surface area is 169 Å². The topological polar surface area (TPSA) is 80.6 Å². The molecule has 0 saturated carbocycles. The van der Waals surface area contributed by atoms with Crippen molar-refractivity contribution >= 4 is 23.2 Å². The number of halogens is 3. The molecule has 0 spiro atoms. The van der Waals surface area contributed by atoms with Crippen LogP contribution >= 0.6 is 0 Å². The number of methoxy groups -OCH3 is 1. The average molecular weight is 418 g/mol. The van der Waals surface area contributed by atoms with Gasteiger partial charge in [-0.1, -0.05) is 18.2 Å². The highest BCUT2D eigenvalue weighted by Crippen LogP contribution is 2.32. The van der Waals surface area contributed by atoms with E-state index in [1.807, 2.05) is 0 Å². The van der Waals surface area contributed by atoms with Crippen molar-refractivity contribution < 1.29 is 31.9 Å². The lowest BCUT2D eigenvalue weighted by atomic mass is 10.1. The molecule has 30 heavy (non-hydrogen) atoms. The van der Waals surface area contributed by atoms with Gasteiger partial charge in [0.25, 0.3) is 5.91 Å². The summed E-state index contributed by atoms with van der Waals surface area (Å²) in [6.45, 7) is -0.110. The van der Waals surface area contributed by atoms with Crippen LogP contribution in [-0.4, -0.2) is 25.5 Å². The molecule has 2 aromatic carbocycles. The van der Waals surface area contributed by atoms with E-state index in [9.17, 15) is 22.8 Å². The molecule has 0 fully saturated rings. The summed E-state index contributed by atoms with van der Waals surface area (Å²) in [6, 6.07) is 13.9. The maximum absolute atomic E-state index is 12.9. The second kappa shape index (κ2) is 8.83. The van der Waals surface area contributed by atoms with Crippen molar-refractivity contribution in [1.29, 1.82) is 0 Å². The number of carbonyl (C=O) groups excluding carboxylic acids is 2. The molecule has 0 radical (unpaired) electrons. The van der Waals surface area contributed by atoms with Crippen LogP contribution in [0.5, 0.6) is 0 Å². The third kappa shape index (κ3) is 5.26. The molecule has 6 nitrogen and oxygen atoms in total. The number of ether oxygens (including phenoxy) is 1. The Bertz CT molecular complexity index is 1060. The Balaban J connectivity index is 1.72. The molecule has 0 unspecified atom stereocenters. The third-order valence-corrected chi connectivity index (χ3v) is 3.98. The molecule has 0 atom stereocenters. The highest BCUT2D eigenvalue weighted by molar-refractivity contribution is 6.03. The molecule has 0 aliphatic carbocycles. The molecular weight excluding hydrogens is 401 g/mol. The number of furan rings is 1. The summed E-state index contributed by atoms with van der Waals surface area (Å²) in [5.74, 6) is -0.880. The van der Waals surface area contributed by atoms with Gasteiger partial charge in [0.2, 0.25) is 5.91 Å². The minimum atomic E-state index is -4.48. The van der Waals surface area contributed by atoms with Gasteiger partial charge in [-0.25, -0.2) is 0 Å². The fourth-order valence-electron chi connectivity index (χ4n) is 2.66. The molecule has 9 heteroatoms. The van der Waals surface area contributed by atoms with Gasteiger partial charge in [0.05, 0.1) is 5.56 Å². The predicted octanol–water partition coefficient (Wildman–Crippen LogP) is 4.80. The smallest absolute Gasteiger partial charge is 0.416 e. The Morgan fingerprint density at radius 1 is 0.967 bits per heavy atom. The Morgan fingerprint density at radius 3 is 2.37 bits per heavy atom. The number of hydrogen-bond acceptors (Lipinski definition) is 4. The van der Waals surface area contributed by atoms with E-state index in [2.05, 4.69) is 10.6 Å². The molecule has 2 amide bonds. The van der Waals surface area contributed by atoms with E-state index in [0.29, 0.717) is 11.4 Å². The molecule has 0 bridgehead atoms. The van der Waals surface area contributed by atoms with Crippen molar-refractivity contribution in [3.63, 3.8) is 0 Å². The van der Waals surface area contributed by atoms with Crippen LogP contribution in [0.15, 0.2) is 65.1 Å². The van der Waals surface area contributed by atoms with Crippen LogP contribution in [-0.2, 0) is 15.7 Å². The number of carbonyl (C=O) groups is 2. The quantitative estimate of drug-likeness (QED) is 0.603. The van der Waals surface area contributed by atoms with Crippen molar-refractivity contribution in [2.75, 3.05) is 24.4 Å². The molecule has 0 aliphatic heterocycles. The molecule has 0 saturated heterocycles. The summed E-state index contributed by atoms with van der Waals surface area (Å²) in [5.41, 5.74) is 0.243. The number of nitrogens with one attached hydrogen (secondary N) is 2. The summed E-state index contributed by atoms with van der Waals surface area (Å²) in [5, 5.41) is 5.22. The number of alkyl halides is 3. The first-order chi connectivity index (χ1) is 14.3. The van der Waals surface area contributed by atoms with Crippen molar-refractivity contribution in [1.82, 2.24) is 0 Å². The predicted molar refractivity (Wildman–Crippen MR) is 104 cm³/mol. The number of anilines is 2. The number of rotatable bonds is 6. The second-order valence-corrected chi connectivity index (χ2v) is 6.26. The first kappa shape index (κ1) is 21.1. The van der Waals surface area contributed by atoms with E-state index >= 15 is 0 Å². The summed E-state index contributed by atoms with van der Waals surface area (Å²) < 4.78 is 48.8. The molecule has 3 rings (SSSR count).